The molecule has 2 rings (SSSR count). The second-order valence-corrected chi connectivity index (χ2v) is 4.12. The van der Waals surface area contributed by atoms with Crippen LogP contribution < -0.4 is 10.1 Å². The summed E-state index contributed by atoms with van der Waals surface area (Å²) in [6, 6.07) is 5.47. The Bertz CT molecular complexity index is 529. The van der Waals surface area contributed by atoms with Gasteiger partial charge in [-0.25, -0.2) is 0 Å². The Morgan fingerprint density at radius 3 is 2.40 bits per heavy atom. The fourth-order valence-electron chi connectivity index (χ4n) is 2.05. The van der Waals surface area contributed by atoms with Gasteiger partial charge < -0.3 is 19.5 Å². The maximum absolute atomic E-state index is 12.1. The number of benzene rings is 1. The van der Waals surface area contributed by atoms with E-state index >= 15 is 0 Å². The lowest BCUT2D eigenvalue weighted by Gasteiger charge is -2.11. The maximum Gasteiger partial charge on any atom is 0.293 e. The molecule has 5 nitrogen and oxygen atoms in total. The van der Waals surface area contributed by atoms with Crippen LogP contribution in [0.4, 0.5) is 5.69 Å². The highest BCUT2D eigenvalue weighted by Crippen LogP contribution is 2.36. The van der Waals surface area contributed by atoms with E-state index in [0.717, 1.165) is 11.3 Å². The van der Waals surface area contributed by atoms with E-state index in [2.05, 4.69) is 5.32 Å². The number of amides is 1. The molecule has 0 aliphatic carbocycles. The molecule has 0 saturated heterocycles. The minimum Gasteiger partial charge on any atom is -0.494 e. The van der Waals surface area contributed by atoms with Crippen molar-refractivity contribution in [1.82, 2.24) is 0 Å². The summed E-state index contributed by atoms with van der Waals surface area (Å²) in [7, 11) is 0. The van der Waals surface area contributed by atoms with Crippen LogP contribution in [0.25, 0.3) is 5.57 Å². The first kappa shape index (κ1) is 14.2. The van der Waals surface area contributed by atoms with Crippen LogP contribution in [0.1, 0.15) is 26.3 Å². The minimum absolute atomic E-state index is 0.217. The molecule has 1 N–H and O–H groups in total. The number of carbonyl (C=O) groups excluding carboxylic acids is 1. The molecule has 0 atom stereocenters. The van der Waals surface area contributed by atoms with Crippen molar-refractivity contribution in [3.05, 3.63) is 29.7 Å². The van der Waals surface area contributed by atoms with Crippen molar-refractivity contribution in [1.29, 1.82) is 0 Å². The van der Waals surface area contributed by atoms with Gasteiger partial charge in [-0.1, -0.05) is 0 Å². The van der Waals surface area contributed by atoms with Crippen LogP contribution in [0.15, 0.2) is 24.1 Å². The molecule has 1 aromatic rings. The van der Waals surface area contributed by atoms with E-state index in [4.69, 9.17) is 14.2 Å². The number of ether oxygens (including phenoxy) is 3. The van der Waals surface area contributed by atoms with Crippen LogP contribution in [-0.4, -0.2) is 25.7 Å². The first-order chi connectivity index (χ1) is 9.71. The van der Waals surface area contributed by atoms with Crippen LogP contribution in [0.5, 0.6) is 5.75 Å². The zero-order chi connectivity index (χ0) is 14.5. The lowest BCUT2D eigenvalue weighted by Crippen LogP contribution is -2.09. The fraction of sp³-hybridized carbons (Fsp3) is 0.400. The Balaban J connectivity index is 2.47. The molecule has 1 amide bonds. The summed E-state index contributed by atoms with van der Waals surface area (Å²) >= 11 is 0. The fourth-order valence-corrected chi connectivity index (χ4v) is 2.05. The average Bonchev–Trinajstić information content (AvgIpc) is 2.74. The molecule has 1 aliphatic rings. The number of hydrogen-bond acceptors (Lipinski definition) is 4. The van der Waals surface area contributed by atoms with Crippen LogP contribution in [0.2, 0.25) is 0 Å². The molecule has 0 fully saturated rings. The van der Waals surface area contributed by atoms with Gasteiger partial charge in [-0.2, -0.15) is 0 Å². The van der Waals surface area contributed by atoms with Gasteiger partial charge in [0, 0.05) is 11.3 Å². The highest BCUT2D eigenvalue weighted by atomic mass is 16.7. The SMILES string of the molecule is CCOC(OCC)=C1C(=O)Nc2ccc(OCC)cc21. The summed E-state index contributed by atoms with van der Waals surface area (Å²) < 4.78 is 16.4. The van der Waals surface area contributed by atoms with Crippen molar-refractivity contribution < 1.29 is 19.0 Å². The summed E-state index contributed by atoms with van der Waals surface area (Å²) in [5.74, 6) is 0.762. The number of rotatable bonds is 6. The minimum atomic E-state index is -0.217. The van der Waals surface area contributed by atoms with E-state index in [1.165, 1.54) is 0 Å². The summed E-state index contributed by atoms with van der Waals surface area (Å²) in [5, 5.41) is 2.80. The molecule has 0 unspecified atom stereocenters. The van der Waals surface area contributed by atoms with Crippen molar-refractivity contribution in [3.8, 4) is 5.75 Å². The number of hydrogen-bond donors (Lipinski definition) is 1. The van der Waals surface area contributed by atoms with Gasteiger partial charge in [0.25, 0.3) is 11.9 Å². The highest BCUT2D eigenvalue weighted by Gasteiger charge is 2.30. The van der Waals surface area contributed by atoms with Crippen molar-refractivity contribution >= 4 is 17.2 Å². The molecule has 108 valence electrons. The molecule has 1 aromatic carbocycles. The van der Waals surface area contributed by atoms with Gasteiger partial charge >= 0.3 is 0 Å². The molecular formula is C15H19NO4. The summed E-state index contributed by atoms with van der Waals surface area (Å²) in [5.41, 5.74) is 1.91. The largest absolute Gasteiger partial charge is 0.494 e. The summed E-state index contributed by atoms with van der Waals surface area (Å²) in [6.45, 7) is 7.06. The van der Waals surface area contributed by atoms with Crippen molar-refractivity contribution in [3.63, 3.8) is 0 Å². The third-order valence-corrected chi connectivity index (χ3v) is 2.80. The third-order valence-electron chi connectivity index (χ3n) is 2.80. The molecule has 0 spiro atoms. The van der Waals surface area contributed by atoms with Crippen LogP contribution in [0, 0.1) is 0 Å². The Morgan fingerprint density at radius 1 is 1.10 bits per heavy atom. The average molecular weight is 277 g/mol. The Labute approximate surface area is 118 Å². The predicted octanol–water partition coefficient (Wildman–Crippen LogP) is 2.78. The van der Waals surface area contributed by atoms with Crippen molar-refractivity contribution in [2.75, 3.05) is 25.1 Å². The number of anilines is 1. The van der Waals surface area contributed by atoms with Crippen molar-refractivity contribution in [2.24, 2.45) is 0 Å². The summed E-state index contributed by atoms with van der Waals surface area (Å²) in [4.78, 5) is 12.1. The molecule has 0 saturated carbocycles. The number of carbonyl (C=O) groups is 1. The smallest absolute Gasteiger partial charge is 0.293 e. The van der Waals surface area contributed by atoms with E-state index in [0.29, 0.717) is 31.1 Å². The zero-order valence-corrected chi connectivity index (χ0v) is 12.0. The Hall–Kier alpha value is -2.17. The first-order valence-corrected chi connectivity index (χ1v) is 6.79. The second kappa shape index (κ2) is 6.32. The topological polar surface area (TPSA) is 56.8 Å². The van der Waals surface area contributed by atoms with Crippen LogP contribution in [-0.2, 0) is 14.3 Å². The van der Waals surface area contributed by atoms with E-state index in [1.54, 1.807) is 0 Å². The first-order valence-electron chi connectivity index (χ1n) is 6.79. The van der Waals surface area contributed by atoms with Gasteiger partial charge in [-0.15, -0.1) is 0 Å². The monoisotopic (exact) mass is 277 g/mol. The molecule has 0 radical (unpaired) electrons. The third kappa shape index (κ3) is 2.71. The lowest BCUT2D eigenvalue weighted by molar-refractivity contribution is -0.111. The molecule has 1 heterocycles. The quantitative estimate of drug-likeness (QED) is 0.641. The number of nitrogens with one attached hydrogen (secondary N) is 1. The molecule has 0 aromatic heterocycles. The Morgan fingerprint density at radius 2 is 1.80 bits per heavy atom. The summed E-state index contributed by atoms with van der Waals surface area (Å²) in [6.07, 6.45) is 0. The Kier molecular flexibility index (Phi) is 4.50. The second-order valence-electron chi connectivity index (χ2n) is 4.12. The van der Waals surface area contributed by atoms with Crippen molar-refractivity contribution in [2.45, 2.75) is 20.8 Å². The number of fused-ring (bicyclic) bond motifs is 1. The molecule has 0 bridgehead atoms. The van der Waals surface area contributed by atoms with Gasteiger partial charge in [0.1, 0.15) is 11.3 Å². The van der Waals surface area contributed by atoms with E-state index in [1.807, 2.05) is 39.0 Å². The maximum atomic E-state index is 12.1. The molecule has 1 aliphatic heterocycles. The zero-order valence-electron chi connectivity index (χ0n) is 12.0. The van der Waals surface area contributed by atoms with E-state index < -0.39 is 0 Å². The van der Waals surface area contributed by atoms with E-state index in [-0.39, 0.29) is 11.9 Å². The molecular weight excluding hydrogens is 258 g/mol. The van der Waals surface area contributed by atoms with Gasteiger partial charge in [-0.05, 0) is 39.0 Å². The van der Waals surface area contributed by atoms with Crippen LogP contribution >= 0.6 is 0 Å². The van der Waals surface area contributed by atoms with E-state index in [9.17, 15) is 4.79 Å². The van der Waals surface area contributed by atoms with Crippen LogP contribution in [0.3, 0.4) is 0 Å². The standard InChI is InChI=1S/C15H19NO4/c1-4-18-10-7-8-12-11(9-10)13(14(17)16-12)15(19-5-2)20-6-3/h7-9H,4-6H2,1-3H3,(H,16,17). The van der Waals surface area contributed by atoms with Gasteiger partial charge in [-0.3, -0.25) is 4.79 Å². The lowest BCUT2D eigenvalue weighted by atomic mass is 10.1. The van der Waals surface area contributed by atoms with Gasteiger partial charge in [0.2, 0.25) is 0 Å². The highest BCUT2D eigenvalue weighted by molar-refractivity contribution is 6.31. The van der Waals surface area contributed by atoms with Gasteiger partial charge in [0.15, 0.2) is 0 Å². The molecule has 20 heavy (non-hydrogen) atoms. The molecule has 5 heteroatoms. The van der Waals surface area contributed by atoms with Gasteiger partial charge in [0.05, 0.1) is 19.8 Å². The predicted molar refractivity (Wildman–Crippen MR) is 76.4 cm³/mol. The normalized spacial score (nSPS) is 12.8.